The molecule has 0 saturated heterocycles. The summed E-state index contributed by atoms with van der Waals surface area (Å²) in [4.78, 5) is 6.32. The van der Waals surface area contributed by atoms with Crippen molar-refractivity contribution >= 4 is 28.7 Å². The molecule has 1 aliphatic carbocycles. The Labute approximate surface area is 106 Å². The van der Waals surface area contributed by atoms with Crippen molar-refractivity contribution in [1.82, 2.24) is 15.2 Å². The van der Waals surface area contributed by atoms with Gasteiger partial charge >= 0.3 is 0 Å². The molecule has 2 rings (SSSR count). The number of thiazole rings is 1. The summed E-state index contributed by atoms with van der Waals surface area (Å²) >= 11 is 7.00. The highest BCUT2D eigenvalue weighted by Gasteiger charge is 2.17. The lowest BCUT2D eigenvalue weighted by Gasteiger charge is -2.23. The lowest BCUT2D eigenvalue weighted by Crippen LogP contribution is -2.41. The van der Waals surface area contributed by atoms with Crippen molar-refractivity contribution in [3.8, 4) is 0 Å². The molecule has 0 aliphatic heterocycles. The molecule has 3 nitrogen and oxygen atoms in total. The van der Waals surface area contributed by atoms with Gasteiger partial charge in [0.2, 0.25) is 0 Å². The van der Waals surface area contributed by atoms with Crippen molar-refractivity contribution < 1.29 is 0 Å². The predicted octanol–water partition coefficient (Wildman–Crippen LogP) is 2.39. The first-order chi connectivity index (χ1) is 7.75. The van der Waals surface area contributed by atoms with Crippen LogP contribution in [0.25, 0.3) is 0 Å². The SMILES string of the molecule is CN(Cc1cscn1)C(=S)NC1CCCC1. The minimum Gasteiger partial charge on any atom is -0.360 e. The van der Waals surface area contributed by atoms with Crippen LogP contribution < -0.4 is 5.32 Å². The molecule has 1 aliphatic rings. The summed E-state index contributed by atoms with van der Waals surface area (Å²) in [6, 6.07) is 0.588. The van der Waals surface area contributed by atoms with Gasteiger partial charge in [-0.05, 0) is 25.1 Å². The minimum absolute atomic E-state index is 0.588. The second kappa shape index (κ2) is 5.59. The fourth-order valence-corrected chi connectivity index (χ4v) is 2.77. The van der Waals surface area contributed by atoms with Gasteiger partial charge in [0.25, 0.3) is 0 Å². The molecular formula is C11H17N3S2. The van der Waals surface area contributed by atoms with Gasteiger partial charge in [-0.3, -0.25) is 0 Å². The Morgan fingerprint density at radius 2 is 2.38 bits per heavy atom. The molecule has 0 amide bonds. The van der Waals surface area contributed by atoms with Crippen LogP contribution in [-0.4, -0.2) is 28.1 Å². The molecule has 0 spiro atoms. The molecule has 0 radical (unpaired) electrons. The number of thiocarbonyl (C=S) groups is 1. The van der Waals surface area contributed by atoms with Gasteiger partial charge < -0.3 is 10.2 Å². The summed E-state index contributed by atoms with van der Waals surface area (Å²) in [7, 11) is 2.02. The molecular weight excluding hydrogens is 238 g/mol. The van der Waals surface area contributed by atoms with E-state index in [1.54, 1.807) is 11.3 Å². The van der Waals surface area contributed by atoms with Crippen molar-refractivity contribution in [2.75, 3.05) is 7.05 Å². The maximum atomic E-state index is 5.38. The molecule has 1 N–H and O–H groups in total. The quantitative estimate of drug-likeness (QED) is 0.840. The highest BCUT2D eigenvalue weighted by Crippen LogP contribution is 2.18. The summed E-state index contributed by atoms with van der Waals surface area (Å²) in [5.74, 6) is 0. The molecule has 0 aromatic carbocycles. The number of nitrogens with one attached hydrogen (secondary N) is 1. The van der Waals surface area contributed by atoms with Crippen LogP contribution in [0.15, 0.2) is 10.9 Å². The number of rotatable bonds is 3. The van der Waals surface area contributed by atoms with E-state index in [0.717, 1.165) is 17.4 Å². The van der Waals surface area contributed by atoms with Crippen molar-refractivity contribution in [3.05, 3.63) is 16.6 Å². The van der Waals surface area contributed by atoms with Crippen LogP contribution in [0.1, 0.15) is 31.4 Å². The normalized spacial score (nSPS) is 16.3. The van der Waals surface area contributed by atoms with Gasteiger partial charge in [-0.1, -0.05) is 12.8 Å². The van der Waals surface area contributed by atoms with Gasteiger partial charge in [0.15, 0.2) is 5.11 Å². The first-order valence-electron chi connectivity index (χ1n) is 5.64. The zero-order valence-electron chi connectivity index (χ0n) is 9.48. The zero-order valence-corrected chi connectivity index (χ0v) is 11.1. The standard InChI is InChI=1S/C11H17N3S2/c1-14(6-10-7-16-8-12-10)11(15)13-9-4-2-3-5-9/h7-9H,2-6H2,1H3,(H,13,15). The molecule has 1 aromatic heterocycles. The number of aromatic nitrogens is 1. The lowest BCUT2D eigenvalue weighted by molar-refractivity contribution is 0.466. The van der Waals surface area contributed by atoms with E-state index in [1.165, 1.54) is 25.7 Å². The summed E-state index contributed by atoms with van der Waals surface area (Å²) in [6.45, 7) is 0.794. The smallest absolute Gasteiger partial charge is 0.169 e. The fraction of sp³-hybridized carbons (Fsp3) is 0.636. The van der Waals surface area contributed by atoms with Crippen LogP contribution >= 0.6 is 23.6 Å². The largest absolute Gasteiger partial charge is 0.360 e. The van der Waals surface area contributed by atoms with Crippen LogP contribution in [0, 0.1) is 0 Å². The molecule has 5 heteroatoms. The second-order valence-corrected chi connectivity index (χ2v) is 5.37. The van der Waals surface area contributed by atoms with E-state index in [0.29, 0.717) is 6.04 Å². The van der Waals surface area contributed by atoms with Crippen LogP contribution in [0.3, 0.4) is 0 Å². The van der Waals surface area contributed by atoms with Crippen molar-refractivity contribution in [3.63, 3.8) is 0 Å². The van der Waals surface area contributed by atoms with Crippen molar-refractivity contribution in [1.29, 1.82) is 0 Å². The van der Waals surface area contributed by atoms with Gasteiger partial charge in [-0.15, -0.1) is 11.3 Å². The zero-order chi connectivity index (χ0) is 11.4. The minimum atomic E-state index is 0.588. The van der Waals surface area contributed by atoms with Crippen LogP contribution in [0.5, 0.6) is 0 Å². The summed E-state index contributed by atoms with van der Waals surface area (Å²) in [5, 5.41) is 6.34. The lowest BCUT2D eigenvalue weighted by atomic mass is 10.2. The molecule has 1 fully saturated rings. The van der Waals surface area contributed by atoms with E-state index < -0.39 is 0 Å². The highest BCUT2D eigenvalue weighted by atomic mass is 32.1. The fourth-order valence-electron chi connectivity index (χ4n) is 1.99. The molecule has 0 bridgehead atoms. The third kappa shape index (κ3) is 3.15. The number of nitrogens with zero attached hydrogens (tertiary/aromatic N) is 2. The Morgan fingerprint density at radius 1 is 1.62 bits per heavy atom. The average molecular weight is 255 g/mol. The third-order valence-corrected chi connectivity index (χ3v) is 3.98. The number of hydrogen-bond acceptors (Lipinski definition) is 3. The van der Waals surface area contributed by atoms with E-state index in [2.05, 4.69) is 20.6 Å². The molecule has 0 atom stereocenters. The Kier molecular flexibility index (Phi) is 4.12. The maximum absolute atomic E-state index is 5.38. The van der Waals surface area contributed by atoms with E-state index in [4.69, 9.17) is 12.2 Å². The molecule has 1 heterocycles. The Balaban J connectivity index is 1.79. The van der Waals surface area contributed by atoms with E-state index in [-0.39, 0.29) is 0 Å². The van der Waals surface area contributed by atoms with E-state index in [9.17, 15) is 0 Å². The van der Waals surface area contributed by atoms with E-state index >= 15 is 0 Å². The molecule has 1 saturated carbocycles. The predicted molar refractivity (Wildman–Crippen MR) is 71.6 cm³/mol. The summed E-state index contributed by atoms with van der Waals surface area (Å²) in [5.41, 5.74) is 2.94. The monoisotopic (exact) mass is 255 g/mol. The molecule has 16 heavy (non-hydrogen) atoms. The average Bonchev–Trinajstić information content (AvgIpc) is 2.90. The van der Waals surface area contributed by atoms with Crippen LogP contribution in [-0.2, 0) is 6.54 Å². The Morgan fingerprint density at radius 3 is 3.00 bits per heavy atom. The second-order valence-electron chi connectivity index (χ2n) is 4.27. The molecule has 88 valence electrons. The summed E-state index contributed by atoms with van der Waals surface area (Å²) in [6.07, 6.45) is 5.17. The van der Waals surface area contributed by atoms with E-state index in [1.807, 2.05) is 12.6 Å². The van der Waals surface area contributed by atoms with Crippen LogP contribution in [0.4, 0.5) is 0 Å². The molecule has 1 aromatic rings. The van der Waals surface area contributed by atoms with Crippen molar-refractivity contribution in [2.24, 2.45) is 0 Å². The number of hydrogen-bond donors (Lipinski definition) is 1. The van der Waals surface area contributed by atoms with Gasteiger partial charge in [0.05, 0.1) is 17.7 Å². The van der Waals surface area contributed by atoms with Gasteiger partial charge in [0.1, 0.15) is 0 Å². The summed E-state index contributed by atoms with van der Waals surface area (Å²) < 4.78 is 0. The Hall–Kier alpha value is -0.680. The Bertz CT molecular complexity index is 331. The topological polar surface area (TPSA) is 28.2 Å². The van der Waals surface area contributed by atoms with Gasteiger partial charge in [0, 0.05) is 18.5 Å². The first-order valence-corrected chi connectivity index (χ1v) is 6.99. The maximum Gasteiger partial charge on any atom is 0.169 e. The third-order valence-electron chi connectivity index (χ3n) is 2.91. The first kappa shape index (κ1) is 11.8. The van der Waals surface area contributed by atoms with Gasteiger partial charge in [-0.2, -0.15) is 0 Å². The van der Waals surface area contributed by atoms with Crippen molar-refractivity contribution in [2.45, 2.75) is 38.3 Å². The highest BCUT2D eigenvalue weighted by molar-refractivity contribution is 7.80. The van der Waals surface area contributed by atoms with Gasteiger partial charge in [-0.25, -0.2) is 4.98 Å². The molecule has 0 unspecified atom stereocenters. The van der Waals surface area contributed by atoms with Crippen LogP contribution in [0.2, 0.25) is 0 Å².